The predicted molar refractivity (Wildman–Crippen MR) is 126 cm³/mol. The molecule has 0 aliphatic carbocycles. The summed E-state index contributed by atoms with van der Waals surface area (Å²) in [7, 11) is -1.17. The lowest BCUT2D eigenvalue weighted by molar-refractivity contribution is -0.385. The molecule has 0 atom stereocenters. The second kappa shape index (κ2) is 10.0. The number of anilines is 2. The lowest BCUT2D eigenvalue weighted by Gasteiger charge is -2.13. The van der Waals surface area contributed by atoms with E-state index in [1.165, 1.54) is 38.5 Å². The first-order valence-electron chi connectivity index (χ1n) is 9.64. The Morgan fingerprint density at radius 2 is 1.70 bits per heavy atom. The van der Waals surface area contributed by atoms with Crippen molar-refractivity contribution in [3.8, 4) is 11.5 Å². The fraction of sp³-hybridized carbons (Fsp3) is 0.136. The van der Waals surface area contributed by atoms with E-state index in [0.717, 1.165) is 6.07 Å². The number of nitro groups is 1. The van der Waals surface area contributed by atoms with E-state index in [0.29, 0.717) is 22.8 Å². The predicted octanol–water partition coefficient (Wildman–Crippen LogP) is 4.25. The van der Waals surface area contributed by atoms with Crippen molar-refractivity contribution < 1.29 is 22.8 Å². The number of benzene rings is 3. The zero-order chi connectivity index (χ0) is 24.0. The Morgan fingerprint density at radius 3 is 2.33 bits per heavy atom. The van der Waals surface area contributed by atoms with Crippen LogP contribution in [-0.4, -0.2) is 33.3 Å². The Hall–Kier alpha value is -4.12. The lowest BCUT2D eigenvalue weighted by Crippen LogP contribution is -2.15. The highest BCUT2D eigenvalue weighted by molar-refractivity contribution is 7.92. The number of rotatable bonds is 9. The van der Waals surface area contributed by atoms with Crippen LogP contribution in [0.5, 0.6) is 11.5 Å². The molecule has 0 radical (unpaired) electrons. The highest BCUT2D eigenvalue weighted by Gasteiger charge is 2.23. The number of ether oxygens (including phenoxy) is 2. The number of hydrazone groups is 1. The van der Waals surface area contributed by atoms with Crippen molar-refractivity contribution in [1.29, 1.82) is 0 Å². The topological polar surface area (TPSA) is 132 Å². The molecule has 0 aliphatic rings. The summed E-state index contributed by atoms with van der Waals surface area (Å²) in [4.78, 5) is 10.3. The summed E-state index contributed by atoms with van der Waals surface area (Å²) in [6.07, 6.45) is 0. The first-order chi connectivity index (χ1) is 15.7. The Bertz CT molecular complexity index is 1290. The molecule has 33 heavy (non-hydrogen) atoms. The first kappa shape index (κ1) is 23.5. The van der Waals surface area contributed by atoms with E-state index in [4.69, 9.17) is 9.47 Å². The van der Waals surface area contributed by atoms with E-state index in [2.05, 4.69) is 15.2 Å². The van der Waals surface area contributed by atoms with Gasteiger partial charge in [0.15, 0.2) is 0 Å². The van der Waals surface area contributed by atoms with Gasteiger partial charge in [-0.25, -0.2) is 8.42 Å². The van der Waals surface area contributed by atoms with Crippen LogP contribution in [0.3, 0.4) is 0 Å². The molecule has 0 amide bonds. The number of nitro benzene ring substituents is 1. The number of hydrogen-bond donors (Lipinski definition) is 2. The van der Waals surface area contributed by atoms with E-state index in [-0.39, 0.29) is 22.0 Å². The van der Waals surface area contributed by atoms with Gasteiger partial charge in [-0.1, -0.05) is 12.1 Å². The molecule has 0 heterocycles. The summed E-state index contributed by atoms with van der Waals surface area (Å²) in [5, 5.41) is 15.5. The van der Waals surface area contributed by atoms with Crippen molar-refractivity contribution in [2.45, 2.75) is 11.8 Å². The highest BCUT2D eigenvalue weighted by atomic mass is 32.2. The van der Waals surface area contributed by atoms with Crippen LogP contribution in [0.4, 0.5) is 17.1 Å². The number of nitrogens with zero attached hydrogens (tertiary/aromatic N) is 2. The minimum absolute atomic E-state index is 0.0656. The van der Waals surface area contributed by atoms with Gasteiger partial charge in [0.25, 0.3) is 15.7 Å². The molecule has 3 rings (SSSR count). The molecule has 3 aromatic rings. The number of sulfonamides is 1. The van der Waals surface area contributed by atoms with E-state index >= 15 is 0 Å². The van der Waals surface area contributed by atoms with Crippen LogP contribution in [0, 0.1) is 10.1 Å². The Balaban J connectivity index is 1.98. The van der Waals surface area contributed by atoms with Crippen molar-refractivity contribution in [1.82, 2.24) is 0 Å². The average molecular weight is 471 g/mol. The summed E-state index contributed by atoms with van der Waals surface area (Å²) in [5.41, 5.74) is 3.90. The van der Waals surface area contributed by atoms with Gasteiger partial charge in [-0.05, 0) is 49.4 Å². The summed E-state index contributed by atoms with van der Waals surface area (Å²) >= 11 is 0. The van der Waals surface area contributed by atoms with Crippen LogP contribution in [0.15, 0.2) is 76.7 Å². The third-order valence-electron chi connectivity index (χ3n) is 4.65. The van der Waals surface area contributed by atoms with Crippen LogP contribution in [0.25, 0.3) is 0 Å². The summed E-state index contributed by atoms with van der Waals surface area (Å²) in [6.45, 7) is 1.72. The SMILES string of the molecule is COc1ccc(NS(=O)(=O)c2cc([N+](=O)[O-])ccc2N/N=C(/C)c2ccccc2OC)cc1. The second-order valence-corrected chi connectivity index (χ2v) is 8.43. The molecule has 172 valence electrons. The van der Waals surface area contributed by atoms with Crippen molar-refractivity contribution in [3.63, 3.8) is 0 Å². The fourth-order valence-corrected chi connectivity index (χ4v) is 4.19. The van der Waals surface area contributed by atoms with Gasteiger partial charge in [0.2, 0.25) is 0 Å². The molecule has 2 N–H and O–H groups in total. The maximum absolute atomic E-state index is 13.1. The number of hydrogen-bond acceptors (Lipinski definition) is 8. The third-order valence-corrected chi connectivity index (χ3v) is 6.07. The maximum atomic E-state index is 13.1. The van der Waals surface area contributed by atoms with Gasteiger partial charge in [-0.3, -0.25) is 20.3 Å². The smallest absolute Gasteiger partial charge is 0.270 e. The van der Waals surface area contributed by atoms with Crippen LogP contribution >= 0.6 is 0 Å². The van der Waals surface area contributed by atoms with Gasteiger partial charge >= 0.3 is 0 Å². The third kappa shape index (κ3) is 5.57. The number of methoxy groups -OCH3 is 2. The molecule has 0 aromatic heterocycles. The molecule has 0 bridgehead atoms. The summed E-state index contributed by atoms with van der Waals surface area (Å²) in [6, 6.07) is 16.9. The Morgan fingerprint density at radius 1 is 1.00 bits per heavy atom. The van der Waals surface area contributed by atoms with Gasteiger partial charge in [-0.15, -0.1) is 0 Å². The van der Waals surface area contributed by atoms with Gasteiger partial charge < -0.3 is 9.47 Å². The molecular weight excluding hydrogens is 448 g/mol. The normalized spacial score (nSPS) is 11.5. The highest BCUT2D eigenvalue weighted by Crippen LogP contribution is 2.29. The van der Waals surface area contributed by atoms with Crippen molar-refractivity contribution in [2.75, 3.05) is 24.4 Å². The van der Waals surface area contributed by atoms with Crippen LogP contribution < -0.4 is 19.6 Å². The molecular formula is C22H22N4O6S. The zero-order valence-electron chi connectivity index (χ0n) is 18.1. The molecule has 0 saturated heterocycles. The van der Waals surface area contributed by atoms with E-state index in [1.54, 1.807) is 31.2 Å². The molecule has 10 nitrogen and oxygen atoms in total. The number of non-ortho nitro benzene ring substituents is 1. The standard InChI is InChI=1S/C22H22N4O6S/c1-15(19-6-4-5-7-21(19)32-3)23-24-20-13-10-17(26(27)28)14-22(20)33(29,30)25-16-8-11-18(31-2)12-9-16/h4-14,24-25H,1-3H3/b23-15-. The van der Waals surface area contributed by atoms with Crippen molar-refractivity contribution >= 4 is 32.8 Å². The number of nitrogens with one attached hydrogen (secondary N) is 2. The lowest BCUT2D eigenvalue weighted by atomic mass is 10.1. The van der Waals surface area contributed by atoms with Gasteiger partial charge in [-0.2, -0.15) is 5.10 Å². The second-order valence-electron chi connectivity index (χ2n) is 6.78. The van der Waals surface area contributed by atoms with Gasteiger partial charge in [0.05, 0.1) is 30.5 Å². The molecule has 0 saturated carbocycles. The van der Waals surface area contributed by atoms with Gasteiger partial charge in [0, 0.05) is 23.4 Å². The van der Waals surface area contributed by atoms with Gasteiger partial charge in [0.1, 0.15) is 16.4 Å². The molecule has 3 aromatic carbocycles. The average Bonchev–Trinajstić information content (AvgIpc) is 2.82. The molecule has 0 spiro atoms. The van der Waals surface area contributed by atoms with E-state index in [1.807, 2.05) is 12.1 Å². The number of para-hydroxylation sites is 1. The first-order valence-corrected chi connectivity index (χ1v) is 11.1. The maximum Gasteiger partial charge on any atom is 0.270 e. The van der Waals surface area contributed by atoms with E-state index < -0.39 is 14.9 Å². The minimum Gasteiger partial charge on any atom is -0.497 e. The molecule has 0 fully saturated rings. The zero-order valence-corrected chi connectivity index (χ0v) is 18.9. The molecule has 0 unspecified atom stereocenters. The van der Waals surface area contributed by atoms with Crippen molar-refractivity contribution in [2.24, 2.45) is 5.10 Å². The summed E-state index contributed by atoms with van der Waals surface area (Å²) < 4.78 is 39.0. The van der Waals surface area contributed by atoms with E-state index in [9.17, 15) is 18.5 Å². The fourth-order valence-electron chi connectivity index (χ4n) is 2.96. The summed E-state index contributed by atoms with van der Waals surface area (Å²) in [5.74, 6) is 1.15. The Kier molecular flexibility index (Phi) is 7.13. The monoisotopic (exact) mass is 470 g/mol. The Labute approximate surface area is 191 Å². The van der Waals surface area contributed by atoms with Crippen LogP contribution in [0.2, 0.25) is 0 Å². The molecule has 0 aliphatic heterocycles. The molecule has 11 heteroatoms. The van der Waals surface area contributed by atoms with Crippen LogP contribution in [-0.2, 0) is 10.0 Å². The minimum atomic E-state index is -4.20. The quantitative estimate of drug-likeness (QED) is 0.271. The largest absolute Gasteiger partial charge is 0.497 e. The van der Waals surface area contributed by atoms with Crippen molar-refractivity contribution in [3.05, 3.63) is 82.4 Å². The van der Waals surface area contributed by atoms with Crippen LogP contribution in [0.1, 0.15) is 12.5 Å².